The normalized spacial score (nSPS) is 10.2. The summed E-state index contributed by atoms with van der Waals surface area (Å²) in [6, 6.07) is 14.2. The number of hydrogen-bond acceptors (Lipinski definition) is 2. The van der Waals surface area contributed by atoms with Crippen LogP contribution in [0, 0.1) is 6.57 Å². The second-order valence-electron chi connectivity index (χ2n) is 5.86. The first kappa shape index (κ1) is 17.7. The van der Waals surface area contributed by atoms with E-state index in [1.165, 1.54) is 37.7 Å². The first-order valence-corrected chi connectivity index (χ1v) is 8.51. The summed E-state index contributed by atoms with van der Waals surface area (Å²) in [6.45, 7) is 9.13. The maximum absolute atomic E-state index is 12.1. The summed E-state index contributed by atoms with van der Waals surface area (Å²) >= 11 is 0. The molecular weight excluding hydrogens is 298 g/mol. The molecule has 3 nitrogen and oxygen atoms in total. The Morgan fingerprint density at radius 3 is 2.25 bits per heavy atom. The Morgan fingerprint density at radius 2 is 1.62 bits per heavy atom. The van der Waals surface area contributed by atoms with Crippen molar-refractivity contribution in [3.63, 3.8) is 0 Å². The monoisotopic (exact) mass is 321 g/mol. The fraction of sp³-hybridized carbons (Fsp3) is 0.333. The summed E-state index contributed by atoms with van der Waals surface area (Å²) in [5, 5.41) is 0. The van der Waals surface area contributed by atoms with E-state index >= 15 is 0 Å². The molecule has 0 aromatic heterocycles. The van der Waals surface area contributed by atoms with E-state index in [2.05, 4.69) is 11.8 Å². The molecule has 0 bridgehead atoms. The SMILES string of the molecule is [C-]#[N+]c1ccc(C(=O)Oc2ccc(CCCCCCC)cc2)cc1. The summed E-state index contributed by atoms with van der Waals surface area (Å²) in [4.78, 5) is 15.4. The number of hydrogen-bond donors (Lipinski definition) is 0. The summed E-state index contributed by atoms with van der Waals surface area (Å²) in [5.74, 6) is 0.142. The van der Waals surface area contributed by atoms with Crippen LogP contribution in [0.4, 0.5) is 5.69 Å². The number of unbranched alkanes of at least 4 members (excludes halogenated alkanes) is 4. The second-order valence-corrected chi connectivity index (χ2v) is 5.86. The molecule has 2 aromatic rings. The van der Waals surface area contributed by atoms with E-state index in [0.717, 1.165) is 6.42 Å². The van der Waals surface area contributed by atoms with Crippen molar-refractivity contribution in [3.05, 3.63) is 71.1 Å². The molecule has 0 heterocycles. The van der Waals surface area contributed by atoms with Crippen LogP contribution in [0.1, 0.15) is 54.9 Å². The molecular formula is C21H23NO2. The van der Waals surface area contributed by atoms with Crippen molar-refractivity contribution in [2.24, 2.45) is 0 Å². The van der Waals surface area contributed by atoms with Gasteiger partial charge < -0.3 is 4.74 Å². The number of nitrogens with zero attached hydrogens (tertiary/aromatic N) is 1. The largest absolute Gasteiger partial charge is 0.423 e. The Kier molecular flexibility index (Phi) is 7.04. The van der Waals surface area contributed by atoms with Crippen molar-refractivity contribution >= 4 is 11.7 Å². The number of ether oxygens (including phenoxy) is 1. The number of aryl methyl sites for hydroxylation is 1. The highest BCUT2D eigenvalue weighted by molar-refractivity contribution is 5.91. The molecule has 124 valence electrons. The van der Waals surface area contributed by atoms with Gasteiger partial charge in [-0.3, -0.25) is 0 Å². The van der Waals surface area contributed by atoms with Crippen molar-refractivity contribution in [1.29, 1.82) is 0 Å². The van der Waals surface area contributed by atoms with Crippen LogP contribution in [0.2, 0.25) is 0 Å². The van der Waals surface area contributed by atoms with Gasteiger partial charge in [0.15, 0.2) is 5.69 Å². The van der Waals surface area contributed by atoms with E-state index in [0.29, 0.717) is 17.0 Å². The highest BCUT2D eigenvalue weighted by atomic mass is 16.5. The van der Waals surface area contributed by atoms with E-state index in [4.69, 9.17) is 11.3 Å². The first-order valence-electron chi connectivity index (χ1n) is 8.51. The molecule has 0 aliphatic heterocycles. The number of esters is 1. The molecule has 0 radical (unpaired) electrons. The van der Waals surface area contributed by atoms with Crippen LogP contribution in [0.15, 0.2) is 48.5 Å². The van der Waals surface area contributed by atoms with Crippen molar-refractivity contribution < 1.29 is 9.53 Å². The van der Waals surface area contributed by atoms with Gasteiger partial charge in [0.1, 0.15) is 5.75 Å². The molecule has 3 heteroatoms. The molecule has 2 aromatic carbocycles. The van der Waals surface area contributed by atoms with Gasteiger partial charge in [-0.15, -0.1) is 0 Å². The van der Waals surface area contributed by atoms with Gasteiger partial charge in [0.2, 0.25) is 0 Å². The van der Waals surface area contributed by atoms with Gasteiger partial charge in [-0.1, -0.05) is 69.0 Å². The van der Waals surface area contributed by atoms with Gasteiger partial charge in [0.25, 0.3) is 0 Å². The fourth-order valence-corrected chi connectivity index (χ4v) is 2.49. The highest BCUT2D eigenvalue weighted by Crippen LogP contribution is 2.18. The lowest BCUT2D eigenvalue weighted by Gasteiger charge is -2.06. The van der Waals surface area contributed by atoms with E-state index in [9.17, 15) is 4.79 Å². The molecule has 0 fully saturated rings. The zero-order valence-corrected chi connectivity index (χ0v) is 14.1. The van der Waals surface area contributed by atoms with Crippen molar-refractivity contribution in [3.8, 4) is 5.75 Å². The third-order valence-electron chi connectivity index (χ3n) is 3.94. The van der Waals surface area contributed by atoms with Gasteiger partial charge >= 0.3 is 5.97 Å². The van der Waals surface area contributed by atoms with Crippen LogP contribution >= 0.6 is 0 Å². The van der Waals surface area contributed by atoms with Crippen LogP contribution < -0.4 is 4.74 Å². The Bertz CT molecular complexity index is 681. The van der Waals surface area contributed by atoms with Gasteiger partial charge in [-0.2, -0.15) is 0 Å². The Balaban J connectivity index is 1.84. The standard InChI is InChI=1S/C21H23NO2/c1-3-4-5-6-7-8-17-9-15-20(16-10-17)24-21(23)18-11-13-19(22-2)14-12-18/h9-16H,3-8H2,1H3. The molecule has 0 aliphatic carbocycles. The van der Waals surface area contributed by atoms with Crippen molar-refractivity contribution in [2.75, 3.05) is 0 Å². The van der Waals surface area contributed by atoms with E-state index in [1.807, 2.05) is 24.3 Å². The maximum atomic E-state index is 12.1. The summed E-state index contributed by atoms with van der Waals surface area (Å²) in [6.07, 6.45) is 7.42. The first-order chi connectivity index (χ1) is 11.7. The van der Waals surface area contributed by atoms with Crippen LogP contribution in [0.25, 0.3) is 4.85 Å². The maximum Gasteiger partial charge on any atom is 0.343 e. The number of rotatable bonds is 8. The molecule has 0 aliphatic rings. The third-order valence-corrected chi connectivity index (χ3v) is 3.94. The molecule has 0 unspecified atom stereocenters. The Morgan fingerprint density at radius 1 is 0.958 bits per heavy atom. The van der Waals surface area contributed by atoms with Crippen LogP contribution in [0.5, 0.6) is 5.75 Å². The lowest BCUT2D eigenvalue weighted by atomic mass is 10.1. The average molecular weight is 321 g/mol. The lowest BCUT2D eigenvalue weighted by Crippen LogP contribution is -2.08. The highest BCUT2D eigenvalue weighted by Gasteiger charge is 2.08. The third kappa shape index (κ3) is 5.55. The smallest absolute Gasteiger partial charge is 0.343 e. The Hall–Kier alpha value is -2.60. The molecule has 0 spiro atoms. The number of benzene rings is 2. The van der Waals surface area contributed by atoms with E-state index < -0.39 is 5.97 Å². The minimum Gasteiger partial charge on any atom is -0.423 e. The summed E-state index contributed by atoms with van der Waals surface area (Å²) < 4.78 is 5.37. The van der Waals surface area contributed by atoms with E-state index in [-0.39, 0.29) is 0 Å². The molecule has 0 atom stereocenters. The average Bonchev–Trinajstić information content (AvgIpc) is 2.63. The number of carbonyl (C=O) groups is 1. The van der Waals surface area contributed by atoms with Gasteiger partial charge in [0, 0.05) is 0 Å². The zero-order chi connectivity index (χ0) is 17.2. The van der Waals surface area contributed by atoms with Gasteiger partial charge in [-0.25, -0.2) is 9.64 Å². The molecule has 0 saturated heterocycles. The minimum atomic E-state index is -0.404. The Labute approximate surface area is 144 Å². The number of carbonyl (C=O) groups excluding carboxylic acids is 1. The minimum absolute atomic E-state index is 0.404. The molecule has 0 saturated carbocycles. The van der Waals surface area contributed by atoms with Crippen LogP contribution in [0.3, 0.4) is 0 Å². The molecule has 0 amide bonds. The van der Waals surface area contributed by atoms with Crippen LogP contribution in [-0.4, -0.2) is 5.97 Å². The van der Waals surface area contributed by atoms with Crippen molar-refractivity contribution in [1.82, 2.24) is 0 Å². The van der Waals surface area contributed by atoms with Crippen molar-refractivity contribution in [2.45, 2.75) is 45.4 Å². The molecule has 0 N–H and O–H groups in total. The summed E-state index contributed by atoms with van der Waals surface area (Å²) in [7, 11) is 0. The molecule has 24 heavy (non-hydrogen) atoms. The predicted octanol–water partition coefficient (Wildman–Crippen LogP) is 5.97. The molecule has 2 rings (SSSR count). The van der Waals surface area contributed by atoms with Gasteiger partial charge in [0.05, 0.1) is 12.1 Å². The fourth-order valence-electron chi connectivity index (χ4n) is 2.49. The van der Waals surface area contributed by atoms with E-state index in [1.54, 1.807) is 24.3 Å². The van der Waals surface area contributed by atoms with Gasteiger partial charge in [-0.05, 0) is 30.5 Å². The second kappa shape index (κ2) is 9.52. The summed E-state index contributed by atoms with van der Waals surface area (Å²) in [5.41, 5.74) is 2.23. The quantitative estimate of drug-likeness (QED) is 0.259. The zero-order valence-electron chi connectivity index (χ0n) is 14.1. The lowest BCUT2D eigenvalue weighted by molar-refractivity contribution is 0.0735. The topological polar surface area (TPSA) is 30.7 Å². The van der Waals surface area contributed by atoms with Crippen LogP contribution in [-0.2, 0) is 6.42 Å². The predicted molar refractivity (Wildman–Crippen MR) is 96.6 cm³/mol.